The van der Waals surface area contributed by atoms with E-state index in [4.69, 9.17) is 10.5 Å². The number of benzene rings is 2. The molecule has 1 saturated heterocycles. The minimum Gasteiger partial charge on any atom is -0.445 e. The van der Waals surface area contributed by atoms with Crippen molar-refractivity contribution in [2.24, 2.45) is 5.73 Å². The minimum atomic E-state index is -0.300. The van der Waals surface area contributed by atoms with Gasteiger partial charge in [-0.05, 0) is 17.5 Å². The molecule has 3 rings (SSSR count). The van der Waals surface area contributed by atoms with Gasteiger partial charge in [0.1, 0.15) is 6.61 Å². The second kappa shape index (κ2) is 6.62. The van der Waals surface area contributed by atoms with E-state index in [1.807, 2.05) is 60.7 Å². The maximum Gasteiger partial charge on any atom is 0.410 e. The Kier molecular flexibility index (Phi) is 4.39. The van der Waals surface area contributed by atoms with Crippen LogP contribution >= 0.6 is 0 Å². The average Bonchev–Trinajstić information content (AvgIpc) is 2.96. The van der Waals surface area contributed by atoms with Crippen LogP contribution in [0.4, 0.5) is 4.79 Å². The molecule has 0 spiro atoms. The van der Waals surface area contributed by atoms with Gasteiger partial charge in [-0.3, -0.25) is 4.90 Å². The van der Waals surface area contributed by atoms with Crippen molar-refractivity contribution in [3.8, 4) is 0 Å². The van der Waals surface area contributed by atoms with Crippen molar-refractivity contribution in [3.05, 3.63) is 71.8 Å². The number of rotatable bonds is 3. The number of nitrogens with zero attached hydrogens (tertiary/aromatic N) is 1. The molecule has 22 heavy (non-hydrogen) atoms. The number of carbonyl (C=O) groups is 1. The second-order valence-electron chi connectivity index (χ2n) is 5.54. The smallest absolute Gasteiger partial charge is 0.410 e. The van der Waals surface area contributed by atoms with Crippen molar-refractivity contribution >= 4 is 6.09 Å². The lowest BCUT2D eigenvalue weighted by atomic mass is 10.0. The van der Waals surface area contributed by atoms with Gasteiger partial charge in [0.05, 0.1) is 6.04 Å². The summed E-state index contributed by atoms with van der Waals surface area (Å²) in [5.41, 5.74) is 8.24. The van der Waals surface area contributed by atoms with Gasteiger partial charge in [-0.1, -0.05) is 60.7 Å². The fourth-order valence-corrected chi connectivity index (χ4v) is 2.90. The van der Waals surface area contributed by atoms with E-state index in [0.717, 1.165) is 17.5 Å². The van der Waals surface area contributed by atoms with Crippen molar-refractivity contribution in [3.63, 3.8) is 0 Å². The van der Waals surface area contributed by atoms with Gasteiger partial charge in [-0.25, -0.2) is 4.79 Å². The summed E-state index contributed by atoms with van der Waals surface area (Å²) in [6, 6.07) is 19.4. The van der Waals surface area contributed by atoms with Gasteiger partial charge < -0.3 is 10.5 Å². The Bertz CT molecular complexity index is 615. The van der Waals surface area contributed by atoms with Gasteiger partial charge >= 0.3 is 6.09 Å². The van der Waals surface area contributed by atoms with Crippen molar-refractivity contribution in [2.45, 2.75) is 25.1 Å². The predicted octanol–water partition coefficient (Wildman–Crippen LogP) is 3.10. The van der Waals surface area contributed by atoms with Crippen LogP contribution in [0.5, 0.6) is 0 Å². The summed E-state index contributed by atoms with van der Waals surface area (Å²) in [6.45, 7) is 0.918. The van der Waals surface area contributed by atoms with Crippen molar-refractivity contribution in [1.82, 2.24) is 4.90 Å². The van der Waals surface area contributed by atoms with Gasteiger partial charge in [0.25, 0.3) is 0 Å². The average molecular weight is 296 g/mol. The third-order valence-corrected chi connectivity index (χ3v) is 4.03. The lowest BCUT2D eigenvalue weighted by molar-refractivity contribution is 0.0908. The lowest BCUT2D eigenvalue weighted by Crippen LogP contribution is -2.36. The molecule has 2 aromatic rings. The van der Waals surface area contributed by atoms with Crippen LogP contribution in [0, 0.1) is 0 Å². The van der Waals surface area contributed by atoms with E-state index in [1.54, 1.807) is 4.90 Å². The summed E-state index contributed by atoms with van der Waals surface area (Å²) in [5.74, 6) is 0. The molecule has 1 amide bonds. The van der Waals surface area contributed by atoms with Crippen LogP contribution < -0.4 is 5.73 Å². The molecule has 1 heterocycles. The molecule has 1 aliphatic rings. The number of amides is 1. The van der Waals surface area contributed by atoms with E-state index in [2.05, 4.69) is 0 Å². The number of hydrogen-bond donors (Lipinski definition) is 1. The largest absolute Gasteiger partial charge is 0.445 e. The van der Waals surface area contributed by atoms with E-state index >= 15 is 0 Å². The lowest BCUT2D eigenvalue weighted by Gasteiger charge is -2.26. The van der Waals surface area contributed by atoms with Crippen LogP contribution in [-0.2, 0) is 11.3 Å². The van der Waals surface area contributed by atoms with Crippen LogP contribution in [0.2, 0.25) is 0 Å². The highest BCUT2D eigenvalue weighted by molar-refractivity contribution is 5.69. The molecule has 0 bridgehead atoms. The Morgan fingerprint density at radius 1 is 1.09 bits per heavy atom. The summed E-state index contributed by atoms with van der Waals surface area (Å²) in [4.78, 5) is 14.1. The van der Waals surface area contributed by atoms with Gasteiger partial charge in [-0.2, -0.15) is 0 Å². The van der Waals surface area contributed by atoms with Crippen LogP contribution in [0.1, 0.15) is 23.6 Å². The number of ether oxygens (including phenoxy) is 1. The molecule has 0 aromatic heterocycles. The molecule has 0 aliphatic carbocycles. The highest BCUT2D eigenvalue weighted by Crippen LogP contribution is 2.31. The first kappa shape index (κ1) is 14.6. The van der Waals surface area contributed by atoms with E-state index in [0.29, 0.717) is 6.54 Å². The van der Waals surface area contributed by atoms with Gasteiger partial charge in [0, 0.05) is 12.6 Å². The molecule has 4 nitrogen and oxygen atoms in total. The quantitative estimate of drug-likeness (QED) is 0.947. The molecule has 0 radical (unpaired) electrons. The molecule has 114 valence electrons. The molecule has 2 atom stereocenters. The summed E-state index contributed by atoms with van der Waals surface area (Å²) in [6.07, 6.45) is 0.491. The SMILES string of the molecule is NC1CCN(C(=O)OCc2ccccc2)C1c1ccccc1. The Hall–Kier alpha value is -2.33. The molecular formula is C18H20N2O2. The summed E-state index contributed by atoms with van der Waals surface area (Å²) < 4.78 is 5.44. The van der Waals surface area contributed by atoms with Crippen LogP contribution in [0.3, 0.4) is 0 Å². The standard InChI is InChI=1S/C18H20N2O2/c19-16-11-12-20(17(16)15-9-5-2-6-10-15)18(21)22-13-14-7-3-1-4-8-14/h1-10,16-17H,11-13,19H2. The monoisotopic (exact) mass is 296 g/mol. The molecule has 2 unspecified atom stereocenters. The molecule has 1 aliphatic heterocycles. The number of likely N-dealkylation sites (tertiary alicyclic amines) is 1. The Morgan fingerprint density at radius 2 is 1.73 bits per heavy atom. The molecule has 0 saturated carbocycles. The van der Waals surface area contributed by atoms with E-state index in [-0.39, 0.29) is 24.8 Å². The molecule has 2 N–H and O–H groups in total. The Labute approximate surface area is 130 Å². The molecule has 1 fully saturated rings. The maximum absolute atomic E-state index is 12.4. The first-order chi connectivity index (χ1) is 10.8. The van der Waals surface area contributed by atoms with Crippen LogP contribution in [-0.4, -0.2) is 23.6 Å². The zero-order valence-corrected chi connectivity index (χ0v) is 12.4. The van der Waals surface area contributed by atoms with Crippen LogP contribution in [0.15, 0.2) is 60.7 Å². The summed E-state index contributed by atoms with van der Waals surface area (Å²) in [5, 5.41) is 0. The van der Waals surface area contributed by atoms with Gasteiger partial charge in [-0.15, -0.1) is 0 Å². The van der Waals surface area contributed by atoms with Crippen molar-refractivity contribution in [1.29, 1.82) is 0 Å². The molecule has 4 heteroatoms. The van der Waals surface area contributed by atoms with E-state index in [1.165, 1.54) is 0 Å². The summed E-state index contributed by atoms with van der Waals surface area (Å²) in [7, 11) is 0. The number of carbonyl (C=O) groups excluding carboxylic acids is 1. The number of hydrogen-bond acceptors (Lipinski definition) is 3. The summed E-state index contributed by atoms with van der Waals surface area (Å²) >= 11 is 0. The van der Waals surface area contributed by atoms with Crippen molar-refractivity contribution in [2.75, 3.05) is 6.54 Å². The van der Waals surface area contributed by atoms with Gasteiger partial charge in [0.2, 0.25) is 0 Å². The maximum atomic E-state index is 12.4. The fourth-order valence-electron chi connectivity index (χ4n) is 2.90. The second-order valence-corrected chi connectivity index (χ2v) is 5.54. The van der Waals surface area contributed by atoms with E-state index in [9.17, 15) is 4.79 Å². The molecular weight excluding hydrogens is 276 g/mol. The van der Waals surface area contributed by atoms with Crippen molar-refractivity contribution < 1.29 is 9.53 Å². The van der Waals surface area contributed by atoms with E-state index < -0.39 is 0 Å². The van der Waals surface area contributed by atoms with Crippen LogP contribution in [0.25, 0.3) is 0 Å². The zero-order chi connectivity index (χ0) is 15.4. The first-order valence-electron chi connectivity index (χ1n) is 7.53. The fraction of sp³-hybridized carbons (Fsp3) is 0.278. The molecule has 2 aromatic carbocycles. The highest BCUT2D eigenvalue weighted by Gasteiger charge is 2.36. The Morgan fingerprint density at radius 3 is 2.41 bits per heavy atom. The normalized spacial score (nSPS) is 20.9. The minimum absolute atomic E-state index is 0.0494. The van der Waals surface area contributed by atoms with Gasteiger partial charge in [0.15, 0.2) is 0 Å². The third kappa shape index (κ3) is 3.12. The Balaban J connectivity index is 1.68. The number of nitrogens with two attached hydrogens (primary N) is 1. The predicted molar refractivity (Wildman–Crippen MR) is 85.1 cm³/mol. The third-order valence-electron chi connectivity index (χ3n) is 4.03. The topological polar surface area (TPSA) is 55.6 Å². The first-order valence-corrected chi connectivity index (χ1v) is 7.53. The zero-order valence-electron chi connectivity index (χ0n) is 12.4. The highest BCUT2D eigenvalue weighted by atomic mass is 16.6.